The Morgan fingerprint density at radius 1 is 1.24 bits per heavy atom. The molecular weight excluding hydrogens is 482 g/mol. The number of thiazole rings is 1. The van der Waals surface area contributed by atoms with Gasteiger partial charge in [-0.2, -0.15) is 0 Å². The number of rotatable bonds is 7. The van der Waals surface area contributed by atoms with Crippen LogP contribution < -0.4 is 15.4 Å². The molecule has 0 spiro atoms. The first-order valence-electron chi connectivity index (χ1n) is 13.1. The summed E-state index contributed by atoms with van der Waals surface area (Å²) in [5.74, 6) is -0.232. The van der Waals surface area contributed by atoms with E-state index >= 15 is 0 Å². The minimum absolute atomic E-state index is 0.0550. The minimum atomic E-state index is -0.232. The number of nitrogens with zero attached hydrogens (tertiary/aromatic N) is 5. The first-order valence-corrected chi connectivity index (χ1v) is 14.0. The lowest BCUT2D eigenvalue weighted by molar-refractivity contribution is -0.110. The molecule has 1 unspecified atom stereocenters. The molecule has 1 aliphatic carbocycles. The van der Waals surface area contributed by atoms with Crippen molar-refractivity contribution in [1.29, 1.82) is 0 Å². The Morgan fingerprint density at radius 2 is 2.11 bits per heavy atom. The van der Waals surface area contributed by atoms with Gasteiger partial charge in [0, 0.05) is 63.0 Å². The molecule has 5 rings (SSSR count). The number of carbonyl (C=O) groups excluding carboxylic acids is 1. The molecule has 194 valence electrons. The third-order valence-electron chi connectivity index (χ3n) is 7.00. The number of aliphatic imine (C=N–C) groups is 2. The number of fused-ring (bicyclic) bond motifs is 1. The van der Waals surface area contributed by atoms with Crippen LogP contribution in [0.1, 0.15) is 30.5 Å². The van der Waals surface area contributed by atoms with Crippen molar-refractivity contribution < 1.29 is 4.79 Å². The fraction of sp³-hybridized carbons (Fsp3) is 0.429. The van der Waals surface area contributed by atoms with Gasteiger partial charge in [-0.25, -0.2) is 0 Å². The molecular formula is C28H35N7OS. The Hall–Kier alpha value is -3.14. The number of hydrogen-bond acceptors (Lipinski definition) is 7. The SMILES string of the molecule is Cn1c(CCN2CCNCC2)csc1=NCc1ccccc1NC(=O)C1=NC2CC/C=C\C/C=C\2N=C1. The van der Waals surface area contributed by atoms with Crippen LogP contribution in [-0.2, 0) is 24.8 Å². The Labute approximate surface area is 222 Å². The molecule has 0 bridgehead atoms. The van der Waals surface area contributed by atoms with Crippen LogP contribution in [-0.4, -0.2) is 66.1 Å². The molecule has 1 saturated heterocycles. The summed E-state index contributed by atoms with van der Waals surface area (Å²) in [5.41, 5.74) is 4.36. The van der Waals surface area contributed by atoms with Crippen LogP contribution in [0.5, 0.6) is 0 Å². The summed E-state index contributed by atoms with van der Waals surface area (Å²) in [6, 6.07) is 7.78. The summed E-state index contributed by atoms with van der Waals surface area (Å²) >= 11 is 1.67. The van der Waals surface area contributed by atoms with Crippen molar-refractivity contribution in [3.05, 3.63) is 69.6 Å². The van der Waals surface area contributed by atoms with Crippen LogP contribution in [0.15, 0.2) is 68.5 Å². The molecule has 0 saturated carbocycles. The maximum absolute atomic E-state index is 13.1. The maximum Gasteiger partial charge on any atom is 0.275 e. The highest BCUT2D eigenvalue weighted by molar-refractivity contribution is 7.07. The number of allylic oxidation sites excluding steroid dienone is 3. The Kier molecular flexibility index (Phi) is 8.55. The normalized spacial score (nSPS) is 22.8. The highest BCUT2D eigenvalue weighted by atomic mass is 32.1. The van der Waals surface area contributed by atoms with E-state index in [0.717, 1.165) is 80.2 Å². The molecule has 1 atom stereocenters. The van der Waals surface area contributed by atoms with Crippen LogP contribution in [0.25, 0.3) is 0 Å². The van der Waals surface area contributed by atoms with Crippen molar-refractivity contribution >= 4 is 34.9 Å². The lowest BCUT2D eigenvalue weighted by Gasteiger charge is -2.27. The molecule has 9 heteroatoms. The van der Waals surface area contributed by atoms with Gasteiger partial charge in [0.15, 0.2) is 4.80 Å². The maximum atomic E-state index is 13.1. The van der Waals surface area contributed by atoms with Gasteiger partial charge in [0.25, 0.3) is 5.91 Å². The summed E-state index contributed by atoms with van der Waals surface area (Å²) in [6.07, 6.45) is 11.7. The van der Waals surface area contributed by atoms with Crippen molar-refractivity contribution in [2.24, 2.45) is 22.0 Å². The van der Waals surface area contributed by atoms with Crippen molar-refractivity contribution in [2.75, 3.05) is 38.0 Å². The third kappa shape index (κ3) is 6.60. The third-order valence-corrected chi connectivity index (χ3v) is 8.01. The van der Waals surface area contributed by atoms with Gasteiger partial charge >= 0.3 is 0 Å². The zero-order valence-corrected chi connectivity index (χ0v) is 22.2. The van der Waals surface area contributed by atoms with Crippen molar-refractivity contribution in [2.45, 2.75) is 38.3 Å². The van der Waals surface area contributed by atoms with Crippen LogP contribution in [0, 0.1) is 0 Å². The van der Waals surface area contributed by atoms with Gasteiger partial charge in [0.05, 0.1) is 24.5 Å². The second-order valence-electron chi connectivity index (χ2n) is 9.54. The fourth-order valence-corrected chi connectivity index (χ4v) is 5.69. The molecule has 2 aliphatic heterocycles. The van der Waals surface area contributed by atoms with Crippen LogP contribution >= 0.6 is 11.3 Å². The molecule has 0 radical (unpaired) electrons. The highest BCUT2D eigenvalue weighted by Gasteiger charge is 2.21. The number of benzene rings is 1. The molecule has 37 heavy (non-hydrogen) atoms. The van der Waals surface area contributed by atoms with E-state index in [9.17, 15) is 4.79 Å². The summed E-state index contributed by atoms with van der Waals surface area (Å²) < 4.78 is 2.19. The standard InChI is InChI=1S/C28H35N7OS/c1-34-22(12-15-35-16-13-29-14-17-35)20-37-28(34)31-18-21-8-6-7-9-23(21)33-27(36)26-19-30-24-10-4-2-3-5-11-25(24)32-26/h2-3,6-10,19-20,25,29H,4-5,11-18H2,1H3,(H,33,36)/b3-2-,24-10+,31-28?. The van der Waals surface area contributed by atoms with Crippen LogP contribution in [0.4, 0.5) is 5.69 Å². The number of anilines is 1. The average Bonchev–Trinajstić information content (AvgIpc) is 3.26. The largest absolute Gasteiger partial charge is 0.324 e. The first kappa shape index (κ1) is 25.5. The second kappa shape index (κ2) is 12.4. The van der Waals surface area contributed by atoms with E-state index in [1.165, 1.54) is 5.69 Å². The first-order chi connectivity index (χ1) is 18.2. The Morgan fingerprint density at radius 3 is 3.00 bits per heavy atom. The van der Waals surface area contributed by atoms with Crippen molar-refractivity contribution in [3.8, 4) is 0 Å². The van der Waals surface area contributed by atoms with E-state index in [1.54, 1.807) is 17.6 Å². The molecule has 1 amide bonds. The highest BCUT2D eigenvalue weighted by Crippen LogP contribution is 2.22. The summed E-state index contributed by atoms with van der Waals surface area (Å²) in [6.45, 7) is 5.93. The predicted octanol–water partition coefficient (Wildman–Crippen LogP) is 3.09. The van der Waals surface area contributed by atoms with Crippen LogP contribution in [0.3, 0.4) is 0 Å². The minimum Gasteiger partial charge on any atom is -0.324 e. The zero-order chi connectivity index (χ0) is 25.5. The monoisotopic (exact) mass is 517 g/mol. The van der Waals surface area contributed by atoms with Gasteiger partial charge in [0.1, 0.15) is 5.71 Å². The molecule has 8 nitrogen and oxygen atoms in total. The number of para-hydroxylation sites is 1. The van der Waals surface area contributed by atoms with Crippen molar-refractivity contribution in [3.63, 3.8) is 0 Å². The quantitative estimate of drug-likeness (QED) is 0.554. The molecule has 3 heterocycles. The van der Waals surface area contributed by atoms with E-state index in [-0.39, 0.29) is 11.9 Å². The summed E-state index contributed by atoms with van der Waals surface area (Å²) in [7, 11) is 2.09. The Bertz CT molecular complexity index is 1290. The average molecular weight is 518 g/mol. The molecule has 1 aromatic carbocycles. The summed E-state index contributed by atoms with van der Waals surface area (Å²) in [4.78, 5) is 30.7. The number of aromatic nitrogens is 1. The van der Waals surface area contributed by atoms with Crippen molar-refractivity contribution in [1.82, 2.24) is 14.8 Å². The number of piperazine rings is 1. The van der Waals surface area contributed by atoms with Crippen LogP contribution in [0.2, 0.25) is 0 Å². The van der Waals surface area contributed by atoms with Gasteiger partial charge in [-0.15, -0.1) is 11.3 Å². The van der Waals surface area contributed by atoms with Gasteiger partial charge in [-0.05, 0) is 30.9 Å². The summed E-state index contributed by atoms with van der Waals surface area (Å²) in [5, 5.41) is 8.67. The topological polar surface area (TPSA) is 86.4 Å². The molecule has 1 aromatic heterocycles. The zero-order valence-electron chi connectivity index (χ0n) is 21.4. The molecule has 3 aliphatic rings. The number of nitrogens with one attached hydrogen (secondary N) is 2. The van der Waals surface area contributed by atoms with Gasteiger partial charge < -0.3 is 20.1 Å². The lowest BCUT2D eigenvalue weighted by atomic mass is 10.0. The second-order valence-corrected chi connectivity index (χ2v) is 10.4. The molecule has 1 fully saturated rings. The van der Waals surface area contributed by atoms with E-state index in [2.05, 4.69) is 55.7 Å². The van der Waals surface area contributed by atoms with E-state index in [0.29, 0.717) is 12.3 Å². The number of carbonyl (C=O) groups is 1. The number of amides is 1. The Balaban J connectivity index is 1.24. The predicted molar refractivity (Wildman–Crippen MR) is 151 cm³/mol. The molecule has 2 N–H and O–H groups in total. The van der Waals surface area contributed by atoms with Gasteiger partial charge in [0.2, 0.25) is 0 Å². The lowest BCUT2D eigenvalue weighted by Crippen LogP contribution is -2.44. The van der Waals surface area contributed by atoms with Gasteiger partial charge in [-0.3, -0.25) is 19.8 Å². The van der Waals surface area contributed by atoms with E-state index in [4.69, 9.17) is 9.98 Å². The number of hydrogen-bond donors (Lipinski definition) is 2. The molecule has 2 aromatic rings. The fourth-order valence-electron chi connectivity index (χ4n) is 4.76. The van der Waals surface area contributed by atoms with E-state index in [1.807, 2.05) is 24.3 Å². The smallest absolute Gasteiger partial charge is 0.275 e. The van der Waals surface area contributed by atoms with E-state index < -0.39 is 0 Å². The van der Waals surface area contributed by atoms with Gasteiger partial charge in [-0.1, -0.05) is 36.4 Å².